The van der Waals surface area contributed by atoms with Gasteiger partial charge in [-0.1, -0.05) is 25.3 Å². The van der Waals surface area contributed by atoms with E-state index in [-0.39, 0.29) is 5.91 Å². The van der Waals surface area contributed by atoms with Gasteiger partial charge in [-0.05, 0) is 43.9 Å². The first-order valence-electron chi connectivity index (χ1n) is 8.91. The smallest absolute Gasteiger partial charge is 0.261 e. The highest BCUT2D eigenvalue weighted by molar-refractivity contribution is 5.99. The van der Waals surface area contributed by atoms with Crippen LogP contribution in [0, 0.1) is 5.92 Å². The Morgan fingerprint density at radius 2 is 1.83 bits per heavy atom. The molecule has 0 spiro atoms. The maximum Gasteiger partial charge on any atom is 0.261 e. The van der Waals surface area contributed by atoms with Crippen LogP contribution in [0.25, 0.3) is 0 Å². The van der Waals surface area contributed by atoms with E-state index >= 15 is 0 Å². The predicted molar refractivity (Wildman–Crippen MR) is 95.7 cm³/mol. The summed E-state index contributed by atoms with van der Waals surface area (Å²) in [6, 6.07) is 5.45. The average molecular weight is 334 g/mol. The Hall–Kier alpha value is -1.75. The van der Waals surface area contributed by atoms with Crippen molar-refractivity contribution in [1.29, 1.82) is 0 Å². The minimum absolute atomic E-state index is 0.00920. The number of carbonyl (C=O) groups is 1. The van der Waals surface area contributed by atoms with E-state index in [0.717, 1.165) is 32.5 Å². The molecule has 1 heterocycles. The summed E-state index contributed by atoms with van der Waals surface area (Å²) in [7, 11) is 3.17. The molecule has 1 unspecified atom stereocenters. The topological polar surface area (TPSA) is 64.8 Å². The number of rotatable bonds is 9. The first-order chi connectivity index (χ1) is 11.7. The molecule has 1 saturated heterocycles. The van der Waals surface area contributed by atoms with E-state index in [1.165, 1.54) is 25.7 Å². The van der Waals surface area contributed by atoms with E-state index in [9.17, 15) is 4.79 Å². The molecule has 0 radical (unpaired) electrons. The van der Waals surface area contributed by atoms with Crippen molar-refractivity contribution < 1.29 is 14.3 Å². The number of hydrogen-bond acceptors (Lipinski definition) is 4. The summed E-state index contributed by atoms with van der Waals surface area (Å²) in [4.78, 5) is 14.9. The summed E-state index contributed by atoms with van der Waals surface area (Å²) in [5, 5.41) is 0. The zero-order valence-electron chi connectivity index (χ0n) is 14.9. The Kier molecular flexibility index (Phi) is 7.37. The van der Waals surface area contributed by atoms with Crippen LogP contribution in [-0.2, 0) is 0 Å². The average Bonchev–Trinajstić information content (AvgIpc) is 3.09. The fourth-order valence-electron chi connectivity index (χ4n) is 3.40. The molecule has 1 fully saturated rings. The second-order valence-corrected chi connectivity index (χ2v) is 6.43. The molecular formula is C19H30N2O3. The number of likely N-dealkylation sites (tertiary alicyclic amines) is 1. The molecule has 2 N–H and O–H groups in total. The highest BCUT2D eigenvalue weighted by Gasteiger charge is 2.30. The summed E-state index contributed by atoms with van der Waals surface area (Å²) in [5.74, 6) is 1.76. The molecule has 0 saturated carbocycles. The number of hydrogen-bond donors (Lipinski definition) is 1. The summed E-state index contributed by atoms with van der Waals surface area (Å²) >= 11 is 0. The number of nitrogens with zero attached hydrogens (tertiary/aromatic N) is 1. The second kappa shape index (κ2) is 9.52. The molecule has 5 heteroatoms. The molecule has 1 amide bonds. The molecule has 1 aromatic rings. The van der Waals surface area contributed by atoms with Crippen molar-refractivity contribution in [3.63, 3.8) is 0 Å². The lowest BCUT2D eigenvalue weighted by Gasteiger charge is -2.20. The normalized spacial score (nSPS) is 17.1. The maximum absolute atomic E-state index is 12.9. The van der Waals surface area contributed by atoms with Crippen LogP contribution >= 0.6 is 0 Å². The first kappa shape index (κ1) is 18.6. The zero-order valence-corrected chi connectivity index (χ0v) is 14.9. The van der Waals surface area contributed by atoms with Crippen molar-refractivity contribution >= 4 is 5.91 Å². The van der Waals surface area contributed by atoms with Crippen molar-refractivity contribution in [3.8, 4) is 11.5 Å². The van der Waals surface area contributed by atoms with Crippen molar-refractivity contribution in [2.75, 3.05) is 33.9 Å². The Morgan fingerprint density at radius 3 is 2.46 bits per heavy atom. The SMILES string of the molecule is COc1cccc(OC)c1C(=O)N1CCC(CCCCCCN)C1. The molecule has 1 aliphatic rings. The van der Waals surface area contributed by atoms with Gasteiger partial charge < -0.3 is 20.1 Å². The van der Waals surface area contributed by atoms with Crippen LogP contribution in [0.2, 0.25) is 0 Å². The van der Waals surface area contributed by atoms with Crippen LogP contribution in [0.15, 0.2) is 18.2 Å². The predicted octanol–water partition coefficient (Wildman–Crippen LogP) is 3.08. The van der Waals surface area contributed by atoms with Gasteiger partial charge >= 0.3 is 0 Å². The van der Waals surface area contributed by atoms with Crippen molar-refractivity contribution in [3.05, 3.63) is 23.8 Å². The minimum Gasteiger partial charge on any atom is -0.496 e. The number of amides is 1. The highest BCUT2D eigenvalue weighted by atomic mass is 16.5. The number of nitrogens with two attached hydrogens (primary N) is 1. The quantitative estimate of drug-likeness (QED) is 0.705. The molecule has 24 heavy (non-hydrogen) atoms. The third kappa shape index (κ3) is 4.63. The van der Waals surface area contributed by atoms with Gasteiger partial charge in [-0.25, -0.2) is 0 Å². The lowest BCUT2D eigenvalue weighted by molar-refractivity contribution is 0.0779. The zero-order chi connectivity index (χ0) is 17.4. The van der Waals surface area contributed by atoms with Crippen molar-refractivity contribution in [2.24, 2.45) is 11.7 Å². The Balaban J connectivity index is 1.93. The number of ether oxygens (including phenoxy) is 2. The van der Waals surface area contributed by atoms with Crippen LogP contribution in [0.3, 0.4) is 0 Å². The summed E-state index contributed by atoms with van der Waals surface area (Å²) in [5.41, 5.74) is 6.06. The summed E-state index contributed by atoms with van der Waals surface area (Å²) in [6.07, 6.45) is 7.07. The number of carbonyl (C=O) groups excluding carboxylic acids is 1. The Bertz CT molecular complexity index is 511. The molecular weight excluding hydrogens is 304 g/mol. The van der Waals surface area contributed by atoms with Gasteiger partial charge in [0.05, 0.1) is 14.2 Å². The van der Waals surface area contributed by atoms with E-state index in [4.69, 9.17) is 15.2 Å². The Morgan fingerprint density at radius 1 is 1.17 bits per heavy atom. The van der Waals surface area contributed by atoms with Crippen LogP contribution in [-0.4, -0.2) is 44.7 Å². The fraction of sp³-hybridized carbons (Fsp3) is 0.632. The summed E-state index contributed by atoms with van der Waals surface area (Å²) in [6.45, 7) is 2.43. The standard InChI is InChI=1S/C19H30N2O3/c1-23-16-9-7-10-17(24-2)18(16)19(22)21-13-11-15(14-21)8-5-3-4-6-12-20/h7,9-10,15H,3-6,8,11-14,20H2,1-2H3. The van der Waals surface area contributed by atoms with Gasteiger partial charge in [-0.2, -0.15) is 0 Å². The summed E-state index contributed by atoms with van der Waals surface area (Å²) < 4.78 is 10.7. The van der Waals surface area contributed by atoms with Gasteiger partial charge in [-0.15, -0.1) is 0 Å². The van der Waals surface area contributed by atoms with Gasteiger partial charge in [0.25, 0.3) is 5.91 Å². The van der Waals surface area contributed by atoms with E-state index in [1.54, 1.807) is 26.4 Å². The van der Waals surface area contributed by atoms with Gasteiger partial charge in [0, 0.05) is 13.1 Å². The molecule has 0 aliphatic carbocycles. The molecule has 1 aliphatic heterocycles. The fourth-order valence-corrected chi connectivity index (χ4v) is 3.40. The van der Waals surface area contributed by atoms with Gasteiger partial charge in [0.15, 0.2) is 0 Å². The van der Waals surface area contributed by atoms with Crippen molar-refractivity contribution in [1.82, 2.24) is 4.90 Å². The van der Waals surface area contributed by atoms with E-state index in [1.807, 2.05) is 11.0 Å². The van der Waals surface area contributed by atoms with Crippen molar-refractivity contribution in [2.45, 2.75) is 38.5 Å². The largest absolute Gasteiger partial charge is 0.496 e. The third-order valence-corrected chi connectivity index (χ3v) is 4.78. The molecule has 5 nitrogen and oxygen atoms in total. The Labute approximate surface area is 145 Å². The maximum atomic E-state index is 12.9. The first-order valence-corrected chi connectivity index (χ1v) is 8.91. The minimum atomic E-state index is 0.00920. The molecule has 134 valence electrons. The molecule has 0 bridgehead atoms. The number of unbranched alkanes of at least 4 members (excludes halogenated alkanes) is 3. The van der Waals surface area contributed by atoms with Gasteiger partial charge in [0.1, 0.15) is 17.1 Å². The lowest BCUT2D eigenvalue weighted by Crippen LogP contribution is -2.29. The van der Waals surface area contributed by atoms with Crippen LogP contribution in [0.4, 0.5) is 0 Å². The molecule has 0 aromatic heterocycles. The van der Waals surface area contributed by atoms with E-state index in [2.05, 4.69) is 0 Å². The van der Waals surface area contributed by atoms with Crippen LogP contribution in [0.5, 0.6) is 11.5 Å². The van der Waals surface area contributed by atoms with Gasteiger partial charge in [-0.3, -0.25) is 4.79 Å². The number of benzene rings is 1. The monoisotopic (exact) mass is 334 g/mol. The molecule has 2 rings (SSSR count). The van der Waals surface area contributed by atoms with Crippen LogP contribution in [0.1, 0.15) is 48.9 Å². The third-order valence-electron chi connectivity index (χ3n) is 4.78. The molecule has 1 atom stereocenters. The number of methoxy groups -OCH3 is 2. The second-order valence-electron chi connectivity index (χ2n) is 6.43. The highest BCUT2D eigenvalue weighted by Crippen LogP contribution is 2.32. The molecule has 1 aromatic carbocycles. The lowest BCUT2D eigenvalue weighted by atomic mass is 10.00. The van der Waals surface area contributed by atoms with Gasteiger partial charge in [0.2, 0.25) is 0 Å². The van der Waals surface area contributed by atoms with E-state index in [0.29, 0.717) is 23.0 Å². The van der Waals surface area contributed by atoms with E-state index < -0.39 is 0 Å². The van der Waals surface area contributed by atoms with Crippen LogP contribution < -0.4 is 15.2 Å².